The lowest BCUT2D eigenvalue weighted by Gasteiger charge is -2.25. The van der Waals surface area contributed by atoms with Crippen molar-refractivity contribution in [2.75, 3.05) is 13.7 Å². The van der Waals surface area contributed by atoms with E-state index in [-0.39, 0.29) is 6.10 Å². The summed E-state index contributed by atoms with van der Waals surface area (Å²) in [5.74, 6) is 0.892. The first kappa shape index (κ1) is 11.2. The van der Waals surface area contributed by atoms with Gasteiger partial charge in [-0.25, -0.2) is 0 Å². The van der Waals surface area contributed by atoms with Gasteiger partial charge in [-0.2, -0.15) is 0 Å². The smallest absolute Gasteiger partial charge is 0.118 e. The maximum atomic E-state index is 5.82. The van der Waals surface area contributed by atoms with Crippen LogP contribution < -0.4 is 4.74 Å². The number of benzene rings is 1. The molecule has 0 amide bonds. The van der Waals surface area contributed by atoms with Crippen LogP contribution in [0, 0.1) is 0 Å². The number of hydrogen-bond acceptors (Lipinski definition) is 2. The fraction of sp³-hybridized carbons (Fsp3) is 0.429. The predicted molar refractivity (Wildman–Crippen MR) is 64.7 cm³/mol. The molecule has 1 aromatic rings. The minimum Gasteiger partial charge on any atom is -0.497 e. The van der Waals surface area contributed by atoms with Gasteiger partial charge in [-0.05, 0) is 43.5 Å². The van der Waals surface area contributed by atoms with Crippen molar-refractivity contribution in [3.63, 3.8) is 0 Å². The van der Waals surface area contributed by atoms with E-state index in [9.17, 15) is 0 Å². The lowest BCUT2D eigenvalue weighted by Crippen LogP contribution is -2.13. The molecule has 1 unspecified atom stereocenters. The molecule has 1 aliphatic rings. The molecule has 0 N–H and O–H groups in total. The Balaban J connectivity index is 2.13. The van der Waals surface area contributed by atoms with Crippen molar-refractivity contribution in [1.82, 2.24) is 0 Å². The Morgan fingerprint density at radius 2 is 1.81 bits per heavy atom. The number of ether oxygens (including phenoxy) is 2. The van der Waals surface area contributed by atoms with Gasteiger partial charge < -0.3 is 9.47 Å². The topological polar surface area (TPSA) is 18.5 Å². The lowest BCUT2D eigenvalue weighted by molar-refractivity contribution is 0.0578. The molecule has 0 aromatic heterocycles. The number of hydrogen-bond donors (Lipinski definition) is 0. The van der Waals surface area contributed by atoms with Gasteiger partial charge in [0.1, 0.15) is 5.75 Å². The highest BCUT2D eigenvalue weighted by molar-refractivity contribution is 5.30. The maximum absolute atomic E-state index is 5.82. The summed E-state index contributed by atoms with van der Waals surface area (Å²) >= 11 is 0. The van der Waals surface area contributed by atoms with Crippen LogP contribution in [-0.2, 0) is 4.74 Å². The Morgan fingerprint density at radius 3 is 2.38 bits per heavy atom. The van der Waals surface area contributed by atoms with Crippen molar-refractivity contribution in [2.45, 2.75) is 26.4 Å². The highest BCUT2D eigenvalue weighted by atomic mass is 16.5. The van der Waals surface area contributed by atoms with Gasteiger partial charge in [-0.1, -0.05) is 17.7 Å². The first-order valence-corrected chi connectivity index (χ1v) is 5.61. The Kier molecular flexibility index (Phi) is 3.30. The van der Waals surface area contributed by atoms with Crippen LogP contribution >= 0.6 is 0 Å². The second-order valence-corrected chi connectivity index (χ2v) is 4.34. The minimum absolute atomic E-state index is 0.203. The van der Waals surface area contributed by atoms with E-state index in [2.05, 4.69) is 26.0 Å². The van der Waals surface area contributed by atoms with Gasteiger partial charge in [0.2, 0.25) is 0 Å². The summed E-state index contributed by atoms with van der Waals surface area (Å²) in [7, 11) is 1.68. The van der Waals surface area contributed by atoms with Crippen molar-refractivity contribution in [3.8, 4) is 5.75 Å². The van der Waals surface area contributed by atoms with E-state index in [1.54, 1.807) is 7.11 Å². The van der Waals surface area contributed by atoms with Gasteiger partial charge in [-0.15, -0.1) is 0 Å². The summed E-state index contributed by atoms with van der Waals surface area (Å²) in [4.78, 5) is 0. The largest absolute Gasteiger partial charge is 0.497 e. The molecule has 1 aliphatic heterocycles. The summed E-state index contributed by atoms with van der Waals surface area (Å²) in [5.41, 5.74) is 4.05. The molecule has 0 fully saturated rings. The van der Waals surface area contributed by atoms with Crippen molar-refractivity contribution >= 4 is 0 Å². The summed E-state index contributed by atoms with van der Waals surface area (Å²) in [5, 5.41) is 0. The van der Waals surface area contributed by atoms with E-state index in [0.29, 0.717) is 0 Å². The van der Waals surface area contributed by atoms with Crippen LogP contribution in [0.25, 0.3) is 0 Å². The van der Waals surface area contributed by atoms with Gasteiger partial charge in [0.15, 0.2) is 0 Å². The normalized spacial score (nSPS) is 21.1. The maximum Gasteiger partial charge on any atom is 0.118 e. The Hall–Kier alpha value is -1.28. The molecule has 0 spiro atoms. The van der Waals surface area contributed by atoms with Crippen LogP contribution in [0.2, 0.25) is 0 Å². The van der Waals surface area contributed by atoms with E-state index < -0.39 is 0 Å². The van der Waals surface area contributed by atoms with Crippen molar-refractivity contribution in [3.05, 3.63) is 41.0 Å². The van der Waals surface area contributed by atoms with Gasteiger partial charge in [0.25, 0.3) is 0 Å². The molecule has 1 aromatic carbocycles. The molecule has 16 heavy (non-hydrogen) atoms. The second kappa shape index (κ2) is 4.71. The fourth-order valence-electron chi connectivity index (χ4n) is 1.89. The second-order valence-electron chi connectivity index (χ2n) is 4.34. The van der Waals surface area contributed by atoms with Gasteiger partial charge in [0, 0.05) is 0 Å². The minimum atomic E-state index is 0.203. The summed E-state index contributed by atoms with van der Waals surface area (Å²) < 4.78 is 11.0. The molecule has 2 nitrogen and oxygen atoms in total. The van der Waals surface area contributed by atoms with Gasteiger partial charge >= 0.3 is 0 Å². The van der Waals surface area contributed by atoms with Crippen LogP contribution in [0.3, 0.4) is 0 Å². The molecule has 86 valence electrons. The fourth-order valence-corrected chi connectivity index (χ4v) is 1.89. The van der Waals surface area contributed by atoms with E-state index in [1.807, 2.05) is 12.1 Å². The van der Waals surface area contributed by atoms with E-state index in [1.165, 1.54) is 16.7 Å². The Labute approximate surface area is 96.9 Å². The average Bonchev–Trinajstić information content (AvgIpc) is 2.33. The van der Waals surface area contributed by atoms with Crippen LogP contribution in [0.15, 0.2) is 35.4 Å². The van der Waals surface area contributed by atoms with Gasteiger partial charge in [-0.3, -0.25) is 0 Å². The molecule has 1 atom stereocenters. The van der Waals surface area contributed by atoms with E-state index in [4.69, 9.17) is 9.47 Å². The number of methoxy groups -OCH3 is 1. The zero-order chi connectivity index (χ0) is 11.5. The summed E-state index contributed by atoms with van der Waals surface area (Å²) in [6.07, 6.45) is 1.20. The first-order valence-electron chi connectivity index (χ1n) is 5.61. The van der Waals surface area contributed by atoms with Crippen LogP contribution in [0.4, 0.5) is 0 Å². The standard InChI is InChI=1S/C14H18O2/c1-10-8-14(16-9-11(10)2)12-4-6-13(15-3)7-5-12/h4-7,14H,8-9H2,1-3H3. The summed E-state index contributed by atoms with van der Waals surface area (Å²) in [6.45, 7) is 5.08. The van der Waals surface area contributed by atoms with E-state index >= 15 is 0 Å². The van der Waals surface area contributed by atoms with Gasteiger partial charge in [0.05, 0.1) is 19.8 Å². The third-order valence-electron chi connectivity index (χ3n) is 3.21. The average molecular weight is 218 g/mol. The van der Waals surface area contributed by atoms with Crippen LogP contribution in [0.1, 0.15) is 31.9 Å². The monoisotopic (exact) mass is 218 g/mol. The molecule has 2 rings (SSSR count). The van der Waals surface area contributed by atoms with Crippen molar-refractivity contribution in [2.24, 2.45) is 0 Å². The zero-order valence-corrected chi connectivity index (χ0v) is 10.1. The lowest BCUT2D eigenvalue weighted by atomic mass is 9.97. The van der Waals surface area contributed by atoms with Crippen molar-refractivity contribution in [1.29, 1.82) is 0 Å². The van der Waals surface area contributed by atoms with E-state index in [0.717, 1.165) is 18.8 Å². The molecular weight excluding hydrogens is 200 g/mol. The molecule has 0 bridgehead atoms. The molecule has 0 saturated carbocycles. The van der Waals surface area contributed by atoms with Crippen LogP contribution in [-0.4, -0.2) is 13.7 Å². The molecule has 0 saturated heterocycles. The number of rotatable bonds is 2. The molecular formula is C14H18O2. The zero-order valence-electron chi connectivity index (χ0n) is 10.1. The van der Waals surface area contributed by atoms with Crippen LogP contribution in [0.5, 0.6) is 5.75 Å². The van der Waals surface area contributed by atoms with Crippen molar-refractivity contribution < 1.29 is 9.47 Å². The summed E-state index contributed by atoms with van der Waals surface area (Å²) in [6, 6.07) is 8.13. The Morgan fingerprint density at radius 1 is 1.12 bits per heavy atom. The highest BCUT2D eigenvalue weighted by Crippen LogP contribution is 2.31. The predicted octanol–water partition coefficient (Wildman–Crippen LogP) is 3.49. The molecule has 0 radical (unpaired) electrons. The third-order valence-corrected chi connectivity index (χ3v) is 3.21. The highest BCUT2D eigenvalue weighted by Gasteiger charge is 2.18. The third kappa shape index (κ3) is 2.27. The quantitative estimate of drug-likeness (QED) is 0.707. The molecule has 1 heterocycles. The Bertz CT molecular complexity index is 390. The first-order chi connectivity index (χ1) is 7.70. The molecule has 2 heteroatoms. The SMILES string of the molecule is COc1ccc(C2CC(C)=C(C)CO2)cc1. The molecule has 0 aliphatic carbocycles.